The number of amidine groups is 1. The van der Waals surface area contributed by atoms with Crippen LogP contribution in [0.25, 0.3) is 0 Å². The van der Waals surface area contributed by atoms with Crippen LogP contribution in [0.4, 0.5) is 5.69 Å². The van der Waals surface area contributed by atoms with Gasteiger partial charge in [0.25, 0.3) is 0 Å². The lowest BCUT2D eigenvalue weighted by Gasteiger charge is -2.26. The van der Waals surface area contributed by atoms with Gasteiger partial charge in [-0.25, -0.2) is 0 Å². The van der Waals surface area contributed by atoms with Gasteiger partial charge in [-0.3, -0.25) is 0 Å². The molecule has 19 heavy (non-hydrogen) atoms. The van der Waals surface area contributed by atoms with Crippen molar-refractivity contribution in [2.24, 2.45) is 10.9 Å². The number of hydrogen-bond donors (Lipinski definition) is 3. The zero-order valence-electron chi connectivity index (χ0n) is 11.0. The molecule has 0 aliphatic carbocycles. The molecule has 0 unspecified atom stereocenters. The molecule has 1 aromatic rings. The molecule has 0 saturated heterocycles. The molecule has 0 bridgehead atoms. The molecule has 0 aromatic heterocycles. The first kappa shape index (κ1) is 15.8. The quantitative estimate of drug-likeness (QED) is 0.310. The third kappa shape index (κ3) is 4.40. The molecule has 0 radical (unpaired) electrons. The molecular weight excluding hydrogens is 310 g/mol. The summed E-state index contributed by atoms with van der Waals surface area (Å²) < 4.78 is 0.859. The predicted molar refractivity (Wildman–Crippen MR) is 80.9 cm³/mol. The van der Waals surface area contributed by atoms with Crippen molar-refractivity contribution in [3.8, 4) is 0 Å². The van der Waals surface area contributed by atoms with E-state index < -0.39 is 0 Å². The first-order valence-corrected chi connectivity index (χ1v) is 7.06. The third-order valence-electron chi connectivity index (χ3n) is 2.83. The van der Waals surface area contributed by atoms with Gasteiger partial charge < -0.3 is 20.9 Å². The topological polar surface area (TPSA) is 82.1 Å². The number of rotatable bonds is 7. The molecule has 0 amide bonds. The number of aliphatic hydroxyl groups excluding tert-OH is 1. The van der Waals surface area contributed by atoms with Crippen LogP contribution in [0.1, 0.15) is 25.3 Å². The van der Waals surface area contributed by atoms with Gasteiger partial charge in [-0.2, -0.15) is 0 Å². The summed E-state index contributed by atoms with van der Waals surface area (Å²) in [7, 11) is 0. The van der Waals surface area contributed by atoms with E-state index in [1.165, 1.54) is 0 Å². The molecule has 0 spiro atoms. The first-order chi connectivity index (χ1) is 9.13. The van der Waals surface area contributed by atoms with Gasteiger partial charge in [0.2, 0.25) is 0 Å². The van der Waals surface area contributed by atoms with Crippen LogP contribution >= 0.6 is 15.9 Å². The summed E-state index contributed by atoms with van der Waals surface area (Å²) >= 11 is 3.37. The molecule has 1 aromatic carbocycles. The molecule has 0 aliphatic heterocycles. The van der Waals surface area contributed by atoms with Crippen molar-refractivity contribution in [2.45, 2.75) is 19.8 Å². The number of anilines is 1. The van der Waals surface area contributed by atoms with Gasteiger partial charge >= 0.3 is 0 Å². The minimum absolute atomic E-state index is 0.0649. The normalized spacial score (nSPS) is 11.6. The Balaban J connectivity index is 3.13. The van der Waals surface area contributed by atoms with Crippen LogP contribution in [0.3, 0.4) is 0 Å². The van der Waals surface area contributed by atoms with Gasteiger partial charge in [0.1, 0.15) is 0 Å². The number of halogens is 1. The van der Waals surface area contributed by atoms with E-state index in [9.17, 15) is 5.11 Å². The summed E-state index contributed by atoms with van der Waals surface area (Å²) in [5.41, 5.74) is 7.23. The molecule has 0 fully saturated rings. The van der Waals surface area contributed by atoms with E-state index in [-0.39, 0.29) is 12.4 Å². The Morgan fingerprint density at radius 1 is 1.42 bits per heavy atom. The molecule has 4 N–H and O–H groups in total. The minimum atomic E-state index is 0.0649. The number of aliphatic hydroxyl groups is 1. The van der Waals surface area contributed by atoms with E-state index in [0.29, 0.717) is 12.1 Å². The summed E-state index contributed by atoms with van der Waals surface area (Å²) in [5, 5.41) is 21.1. The van der Waals surface area contributed by atoms with Crippen LogP contribution in [0.2, 0.25) is 0 Å². The standard InChI is InChI=1S/C13H20BrN3O2/c1-2-3-6-17(7-8-18)12-5-4-10(14)9-11(12)13(15)16-19/h4-5,9,18-19H,2-3,6-8H2,1H3,(H2,15,16). The molecule has 106 valence electrons. The second kappa shape index (κ2) is 8.01. The zero-order valence-corrected chi connectivity index (χ0v) is 12.6. The summed E-state index contributed by atoms with van der Waals surface area (Å²) in [6.07, 6.45) is 2.09. The molecule has 0 atom stereocenters. The highest BCUT2D eigenvalue weighted by molar-refractivity contribution is 9.10. The zero-order chi connectivity index (χ0) is 14.3. The van der Waals surface area contributed by atoms with E-state index in [4.69, 9.17) is 10.9 Å². The number of hydrogen-bond acceptors (Lipinski definition) is 4. The fourth-order valence-corrected chi connectivity index (χ4v) is 2.23. The lowest BCUT2D eigenvalue weighted by Crippen LogP contribution is -2.30. The van der Waals surface area contributed by atoms with Crippen molar-refractivity contribution >= 4 is 27.5 Å². The average Bonchev–Trinajstić information content (AvgIpc) is 2.42. The lowest BCUT2D eigenvalue weighted by atomic mass is 10.1. The predicted octanol–water partition coefficient (Wildman–Crippen LogP) is 2.14. The Bertz CT molecular complexity index is 438. The number of nitrogens with two attached hydrogens (primary N) is 1. The van der Waals surface area contributed by atoms with Gasteiger partial charge in [-0.05, 0) is 24.6 Å². The van der Waals surface area contributed by atoms with Crippen LogP contribution in [0, 0.1) is 0 Å². The van der Waals surface area contributed by atoms with E-state index in [2.05, 4.69) is 28.0 Å². The molecule has 5 nitrogen and oxygen atoms in total. The smallest absolute Gasteiger partial charge is 0.172 e. The Kier molecular flexibility index (Phi) is 6.66. The molecule has 0 aliphatic rings. The summed E-state index contributed by atoms with van der Waals surface area (Å²) in [6, 6.07) is 5.61. The molecule has 0 heterocycles. The second-order valence-electron chi connectivity index (χ2n) is 4.21. The third-order valence-corrected chi connectivity index (χ3v) is 3.33. The van der Waals surface area contributed by atoms with Gasteiger partial charge in [0, 0.05) is 28.8 Å². The Morgan fingerprint density at radius 3 is 2.74 bits per heavy atom. The van der Waals surface area contributed by atoms with Crippen molar-refractivity contribution in [3.05, 3.63) is 28.2 Å². The van der Waals surface area contributed by atoms with Gasteiger partial charge in [-0.15, -0.1) is 0 Å². The Hall–Kier alpha value is -1.27. The van der Waals surface area contributed by atoms with E-state index in [1.54, 1.807) is 6.07 Å². The van der Waals surface area contributed by atoms with Crippen molar-refractivity contribution in [3.63, 3.8) is 0 Å². The van der Waals surface area contributed by atoms with Crippen LogP contribution in [-0.4, -0.2) is 35.8 Å². The largest absolute Gasteiger partial charge is 0.409 e. The van der Waals surface area contributed by atoms with Crippen LogP contribution in [-0.2, 0) is 0 Å². The second-order valence-corrected chi connectivity index (χ2v) is 5.13. The van der Waals surface area contributed by atoms with Crippen molar-refractivity contribution in [1.82, 2.24) is 0 Å². The highest BCUT2D eigenvalue weighted by Crippen LogP contribution is 2.25. The number of benzene rings is 1. The fourth-order valence-electron chi connectivity index (χ4n) is 1.87. The molecule has 1 rings (SSSR count). The molecule has 6 heteroatoms. The Labute approximate surface area is 121 Å². The maximum atomic E-state index is 9.18. The SMILES string of the molecule is CCCCN(CCO)c1ccc(Br)cc1/C(N)=N/O. The van der Waals surface area contributed by atoms with Gasteiger partial charge in [0.15, 0.2) is 5.84 Å². The molecular formula is C13H20BrN3O2. The van der Waals surface area contributed by atoms with Crippen molar-refractivity contribution in [1.29, 1.82) is 0 Å². The van der Waals surface area contributed by atoms with Gasteiger partial charge in [0.05, 0.1) is 6.61 Å². The maximum Gasteiger partial charge on any atom is 0.172 e. The first-order valence-electron chi connectivity index (χ1n) is 6.27. The highest BCUT2D eigenvalue weighted by atomic mass is 79.9. The van der Waals surface area contributed by atoms with Crippen molar-refractivity contribution in [2.75, 3.05) is 24.6 Å². The number of nitrogens with zero attached hydrogens (tertiary/aromatic N) is 2. The van der Waals surface area contributed by atoms with E-state index in [1.807, 2.05) is 17.0 Å². The fraction of sp³-hybridized carbons (Fsp3) is 0.462. The maximum absolute atomic E-state index is 9.18. The minimum Gasteiger partial charge on any atom is -0.409 e. The van der Waals surface area contributed by atoms with Crippen LogP contribution in [0.15, 0.2) is 27.8 Å². The van der Waals surface area contributed by atoms with E-state index >= 15 is 0 Å². The summed E-state index contributed by atoms with van der Waals surface area (Å²) in [5.74, 6) is 0.0655. The highest BCUT2D eigenvalue weighted by Gasteiger charge is 2.14. The van der Waals surface area contributed by atoms with Crippen molar-refractivity contribution < 1.29 is 10.3 Å². The van der Waals surface area contributed by atoms with Crippen LogP contribution in [0.5, 0.6) is 0 Å². The average molecular weight is 330 g/mol. The monoisotopic (exact) mass is 329 g/mol. The Morgan fingerprint density at radius 2 is 2.16 bits per heavy atom. The summed E-state index contributed by atoms with van der Waals surface area (Å²) in [6.45, 7) is 3.52. The molecule has 0 saturated carbocycles. The summed E-state index contributed by atoms with van der Waals surface area (Å²) in [4.78, 5) is 2.04. The lowest BCUT2D eigenvalue weighted by molar-refractivity contribution is 0.301. The number of unbranched alkanes of at least 4 members (excludes halogenated alkanes) is 1. The number of oxime groups is 1. The van der Waals surface area contributed by atoms with Gasteiger partial charge in [-0.1, -0.05) is 34.4 Å². The van der Waals surface area contributed by atoms with Crippen LogP contribution < -0.4 is 10.6 Å². The van der Waals surface area contributed by atoms with E-state index in [0.717, 1.165) is 29.5 Å².